The van der Waals surface area contributed by atoms with Crippen molar-refractivity contribution in [1.29, 1.82) is 0 Å². The molecule has 0 spiro atoms. The average Bonchev–Trinajstić information content (AvgIpc) is 0.884. The van der Waals surface area contributed by atoms with Gasteiger partial charge in [-0.3, -0.25) is 4.79 Å². The van der Waals surface area contributed by atoms with Crippen molar-refractivity contribution in [2.75, 3.05) is 26.4 Å². The van der Waals surface area contributed by atoms with E-state index < -0.39 is 124 Å². The highest BCUT2D eigenvalue weighted by molar-refractivity contribution is 5.76. The third-order valence-electron chi connectivity index (χ3n) is 18.2. The fraction of sp³-hybridized carbons (Fsp3) is 0.875. The van der Waals surface area contributed by atoms with Gasteiger partial charge in [0.2, 0.25) is 5.91 Å². The Morgan fingerprint density at radius 3 is 1.19 bits per heavy atom. The molecule has 0 aliphatic carbocycles. The van der Waals surface area contributed by atoms with E-state index in [-0.39, 0.29) is 18.9 Å². The van der Waals surface area contributed by atoms with Crippen molar-refractivity contribution in [1.82, 2.24) is 5.32 Å². The zero-order valence-corrected chi connectivity index (χ0v) is 56.3. The molecule has 12 N–H and O–H groups in total. The number of carbonyl (C=O) groups is 1. The smallest absolute Gasteiger partial charge is 0.220 e. The molecule has 19 heteroatoms. The summed E-state index contributed by atoms with van der Waals surface area (Å²) in [5, 5.41) is 121. The molecule has 0 aromatic carbocycles. The molecular weight excluding hydrogens is 1170 g/mol. The number of allylic oxidation sites excluding steroid dienone is 8. The summed E-state index contributed by atoms with van der Waals surface area (Å²) in [6.45, 7) is 1.71. The minimum Gasteiger partial charge on any atom is -0.394 e. The molecule has 0 aromatic heterocycles. The van der Waals surface area contributed by atoms with Crippen molar-refractivity contribution in [3.63, 3.8) is 0 Å². The third-order valence-corrected chi connectivity index (χ3v) is 18.2. The van der Waals surface area contributed by atoms with E-state index in [4.69, 9.17) is 28.4 Å². The van der Waals surface area contributed by atoms with Gasteiger partial charge in [-0.15, -0.1) is 0 Å². The van der Waals surface area contributed by atoms with Crippen molar-refractivity contribution < 1.29 is 89.4 Å². The number of nitrogens with one attached hydrogen (secondary N) is 1. The second kappa shape index (κ2) is 53.8. The van der Waals surface area contributed by atoms with Crippen molar-refractivity contribution in [3.8, 4) is 0 Å². The summed E-state index contributed by atoms with van der Waals surface area (Å²) in [7, 11) is 0. The maximum Gasteiger partial charge on any atom is 0.220 e. The summed E-state index contributed by atoms with van der Waals surface area (Å²) in [4.78, 5) is 13.4. The predicted molar refractivity (Wildman–Crippen MR) is 356 cm³/mol. The first-order chi connectivity index (χ1) is 44.3. The van der Waals surface area contributed by atoms with E-state index in [1.165, 1.54) is 167 Å². The second-order valence-electron chi connectivity index (χ2n) is 26.0. The Balaban J connectivity index is 1.39. The number of carbonyl (C=O) groups excluding carboxylic acids is 1. The lowest BCUT2D eigenvalue weighted by molar-refractivity contribution is -0.379. The van der Waals surface area contributed by atoms with Crippen LogP contribution in [0.2, 0.25) is 0 Å². The van der Waals surface area contributed by atoms with Gasteiger partial charge >= 0.3 is 0 Å². The van der Waals surface area contributed by atoms with Gasteiger partial charge in [-0.2, -0.15) is 0 Å². The van der Waals surface area contributed by atoms with Gasteiger partial charge < -0.3 is 89.9 Å². The topological polar surface area (TPSA) is 307 Å². The summed E-state index contributed by atoms with van der Waals surface area (Å²) in [6, 6.07) is -0.888. The summed E-state index contributed by atoms with van der Waals surface area (Å²) < 4.78 is 34.4. The standard InChI is InChI=1S/C72H131NO18/c1-3-5-7-9-11-13-15-17-19-21-22-23-24-25-26-27-28-29-30-31-32-34-36-38-40-42-44-46-48-50-60(78)73-55(56(77)49-47-45-43-41-39-37-35-33-20-18-16-14-12-10-8-6-4-2)54-86-70-66(84)63(81)68(58(52-75)88-70)91-72-67(85)64(82)69(59(53-76)89-72)90-71-65(83)62(80)61(79)57(51-74)87-71/h5,7,11,13,17,19,22-23,55-59,61-72,74-77,79-85H,3-4,6,8-10,12,14-16,18,20-21,24-54H2,1-2H3,(H,73,78)/b7-5-,13-11-,19-17-,23-22-. The molecule has 91 heavy (non-hydrogen) atoms. The molecule has 0 saturated carbocycles. The lowest BCUT2D eigenvalue weighted by atomic mass is 9.96. The average molecular weight is 1300 g/mol. The van der Waals surface area contributed by atoms with Gasteiger partial charge in [0.1, 0.15) is 73.2 Å². The highest BCUT2D eigenvalue weighted by Gasteiger charge is 2.53. The number of aliphatic hydroxyl groups is 11. The Kier molecular flexibility index (Phi) is 49.1. The lowest BCUT2D eigenvalue weighted by Gasteiger charge is -2.48. The van der Waals surface area contributed by atoms with Gasteiger partial charge in [-0.1, -0.05) is 262 Å². The number of amides is 1. The minimum atomic E-state index is -1.97. The Labute approximate surface area is 548 Å². The summed E-state index contributed by atoms with van der Waals surface area (Å²) >= 11 is 0. The van der Waals surface area contributed by atoms with Gasteiger partial charge in [-0.25, -0.2) is 0 Å². The molecule has 17 atom stereocenters. The minimum absolute atomic E-state index is 0.241. The first-order valence-electron chi connectivity index (χ1n) is 36.4. The van der Waals surface area contributed by atoms with Crippen LogP contribution in [0.15, 0.2) is 48.6 Å². The van der Waals surface area contributed by atoms with Crippen LogP contribution in [0.3, 0.4) is 0 Å². The fourth-order valence-corrected chi connectivity index (χ4v) is 12.3. The van der Waals surface area contributed by atoms with Crippen LogP contribution < -0.4 is 5.32 Å². The van der Waals surface area contributed by atoms with Crippen molar-refractivity contribution in [3.05, 3.63) is 48.6 Å². The first-order valence-corrected chi connectivity index (χ1v) is 36.4. The molecular formula is C72H131NO18. The van der Waals surface area contributed by atoms with Gasteiger partial charge in [0.15, 0.2) is 18.9 Å². The molecule has 1 amide bonds. The zero-order valence-electron chi connectivity index (χ0n) is 56.3. The molecule has 3 heterocycles. The normalized spacial score (nSPS) is 28.1. The van der Waals surface area contributed by atoms with Crippen molar-refractivity contribution in [2.24, 2.45) is 0 Å². The molecule has 19 nitrogen and oxygen atoms in total. The van der Waals surface area contributed by atoms with E-state index in [9.17, 15) is 61.0 Å². The number of ether oxygens (including phenoxy) is 6. The van der Waals surface area contributed by atoms with Crippen LogP contribution in [-0.2, 0) is 33.2 Å². The monoisotopic (exact) mass is 1300 g/mol. The molecule has 3 saturated heterocycles. The van der Waals surface area contributed by atoms with Crippen LogP contribution in [0.5, 0.6) is 0 Å². The lowest BCUT2D eigenvalue weighted by Crippen LogP contribution is -2.66. The Bertz CT molecular complexity index is 1840. The number of hydrogen-bond acceptors (Lipinski definition) is 18. The summed E-state index contributed by atoms with van der Waals surface area (Å²) in [6.07, 6.45) is 37.6. The van der Waals surface area contributed by atoms with Crippen molar-refractivity contribution >= 4 is 5.91 Å². The van der Waals surface area contributed by atoms with Crippen LogP contribution in [-0.4, -0.2) is 193 Å². The maximum absolute atomic E-state index is 13.4. The van der Waals surface area contributed by atoms with Crippen LogP contribution in [0.25, 0.3) is 0 Å². The molecule has 3 rings (SSSR count). The number of aliphatic hydroxyl groups excluding tert-OH is 11. The zero-order chi connectivity index (χ0) is 66.1. The highest BCUT2D eigenvalue weighted by atomic mass is 16.8. The molecule has 3 fully saturated rings. The summed E-state index contributed by atoms with van der Waals surface area (Å²) in [5.74, 6) is -0.241. The van der Waals surface area contributed by atoms with Gasteiger partial charge in [0, 0.05) is 6.42 Å². The molecule has 0 aromatic rings. The fourth-order valence-electron chi connectivity index (χ4n) is 12.3. The van der Waals surface area contributed by atoms with Crippen LogP contribution in [0, 0.1) is 0 Å². The van der Waals surface area contributed by atoms with E-state index in [0.29, 0.717) is 12.8 Å². The summed E-state index contributed by atoms with van der Waals surface area (Å²) in [5.41, 5.74) is 0. The van der Waals surface area contributed by atoms with E-state index in [1.807, 2.05) is 0 Å². The number of rotatable bonds is 56. The maximum atomic E-state index is 13.4. The van der Waals surface area contributed by atoms with E-state index in [1.54, 1.807) is 0 Å². The van der Waals surface area contributed by atoms with E-state index in [0.717, 1.165) is 70.6 Å². The molecule has 0 radical (unpaired) electrons. The van der Waals surface area contributed by atoms with Crippen molar-refractivity contribution in [2.45, 2.75) is 375 Å². The van der Waals surface area contributed by atoms with Crippen LogP contribution in [0.1, 0.15) is 271 Å². The van der Waals surface area contributed by atoms with Gasteiger partial charge in [0.05, 0.1) is 38.6 Å². The highest BCUT2D eigenvalue weighted by Crippen LogP contribution is 2.33. The molecule has 3 aliphatic heterocycles. The Morgan fingerprint density at radius 2 is 0.758 bits per heavy atom. The first kappa shape index (κ1) is 83.0. The van der Waals surface area contributed by atoms with Gasteiger partial charge in [0.25, 0.3) is 0 Å². The Hall–Kier alpha value is -2.25. The van der Waals surface area contributed by atoms with E-state index in [2.05, 4.69) is 67.8 Å². The quantitative estimate of drug-likeness (QED) is 0.0199. The molecule has 17 unspecified atom stereocenters. The molecule has 3 aliphatic rings. The number of unbranched alkanes of at least 4 members (excludes halogenated alkanes) is 32. The largest absolute Gasteiger partial charge is 0.394 e. The predicted octanol–water partition coefficient (Wildman–Crippen LogP) is 10.2. The SMILES string of the molecule is CC/C=C\C/C=C\C/C=C\C/C=C\CCCCCCCCCCCCCCCCCCC(=O)NC(COC1OC(CO)C(OC2OC(CO)C(OC3OC(CO)C(O)C(O)C3O)C(O)C2O)C(O)C1O)C(O)CCCCCCCCCCCCCCCCCCC. The van der Waals surface area contributed by atoms with Crippen LogP contribution >= 0.6 is 0 Å². The third kappa shape index (κ3) is 35.5. The van der Waals surface area contributed by atoms with Gasteiger partial charge in [-0.05, 0) is 51.4 Å². The second-order valence-corrected chi connectivity index (χ2v) is 26.0. The molecule has 0 bridgehead atoms. The van der Waals surface area contributed by atoms with Crippen LogP contribution in [0.4, 0.5) is 0 Å². The molecule has 532 valence electrons. The van der Waals surface area contributed by atoms with E-state index >= 15 is 0 Å². The number of hydrogen-bond donors (Lipinski definition) is 12. The Morgan fingerprint density at radius 1 is 0.407 bits per heavy atom.